The molecule has 0 unspecified atom stereocenters. The fourth-order valence-electron chi connectivity index (χ4n) is 1.96. The minimum atomic E-state index is 0.746. The number of ether oxygens (including phenoxy) is 1. The van der Waals surface area contributed by atoms with Crippen LogP contribution < -0.4 is 0 Å². The molecule has 56 valence electrons. The first-order valence-corrected chi connectivity index (χ1v) is 4.12. The lowest BCUT2D eigenvalue weighted by Gasteiger charge is -2.21. The molecule has 1 nitrogen and oxygen atoms in total. The van der Waals surface area contributed by atoms with Crippen molar-refractivity contribution in [2.24, 2.45) is 17.8 Å². The van der Waals surface area contributed by atoms with Crippen molar-refractivity contribution in [1.29, 1.82) is 0 Å². The molecule has 0 aromatic rings. The van der Waals surface area contributed by atoms with E-state index < -0.39 is 0 Å². The van der Waals surface area contributed by atoms with E-state index in [-0.39, 0.29) is 0 Å². The molecule has 10 heavy (non-hydrogen) atoms. The van der Waals surface area contributed by atoms with Crippen molar-refractivity contribution in [2.75, 3.05) is 13.2 Å². The van der Waals surface area contributed by atoms with Crippen LogP contribution in [0.25, 0.3) is 0 Å². The summed E-state index contributed by atoms with van der Waals surface area (Å²) >= 11 is 0. The van der Waals surface area contributed by atoms with Crippen LogP contribution in [-0.4, -0.2) is 13.2 Å². The molecular weight excluding hydrogens is 124 g/mol. The van der Waals surface area contributed by atoms with Gasteiger partial charge < -0.3 is 4.74 Å². The van der Waals surface area contributed by atoms with Gasteiger partial charge in [-0.2, -0.15) is 0 Å². The van der Waals surface area contributed by atoms with Gasteiger partial charge in [0, 0.05) is 5.92 Å². The third-order valence-electron chi connectivity index (χ3n) is 2.61. The summed E-state index contributed by atoms with van der Waals surface area (Å²) in [4.78, 5) is 0. The van der Waals surface area contributed by atoms with Gasteiger partial charge in [-0.15, -0.1) is 0 Å². The third-order valence-corrected chi connectivity index (χ3v) is 2.61. The van der Waals surface area contributed by atoms with E-state index >= 15 is 0 Å². The molecule has 1 heteroatoms. The molecule has 0 aromatic heterocycles. The summed E-state index contributed by atoms with van der Waals surface area (Å²) in [6.07, 6.45) is 6.00. The molecule has 2 rings (SSSR count). The number of hydrogen-bond donors (Lipinski definition) is 0. The molecule has 0 spiro atoms. The van der Waals surface area contributed by atoms with Crippen LogP contribution in [0.2, 0.25) is 0 Å². The van der Waals surface area contributed by atoms with Gasteiger partial charge in [0.1, 0.15) is 0 Å². The molecule has 1 aliphatic heterocycles. The van der Waals surface area contributed by atoms with E-state index in [4.69, 9.17) is 4.74 Å². The Morgan fingerprint density at radius 1 is 1.30 bits per heavy atom. The van der Waals surface area contributed by atoms with Gasteiger partial charge in [0.2, 0.25) is 0 Å². The second-order valence-corrected chi connectivity index (χ2v) is 3.56. The van der Waals surface area contributed by atoms with Gasteiger partial charge in [-0.05, 0) is 18.3 Å². The minimum absolute atomic E-state index is 0.746. The highest BCUT2D eigenvalue weighted by Gasteiger charge is 2.29. The Kier molecular flexibility index (Phi) is 1.53. The number of hydrogen-bond acceptors (Lipinski definition) is 1. The van der Waals surface area contributed by atoms with E-state index in [1.54, 1.807) is 0 Å². The average molecular weight is 138 g/mol. The topological polar surface area (TPSA) is 9.23 Å². The fraction of sp³-hybridized carbons (Fsp3) is 0.778. The highest BCUT2D eigenvalue weighted by Crippen LogP contribution is 2.32. The van der Waals surface area contributed by atoms with Crippen LogP contribution >= 0.6 is 0 Å². The Labute approximate surface area is 62.1 Å². The zero-order valence-corrected chi connectivity index (χ0v) is 6.42. The summed E-state index contributed by atoms with van der Waals surface area (Å²) < 4.78 is 5.39. The molecule has 1 heterocycles. The Morgan fingerprint density at radius 2 is 2.20 bits per heavy atom. The molecule has 0 N–H and O–H groups in total. The molecule has 0 bridgehead atoms. The quantitative estimate of drug-likeness (QED) is 0.464. The lowest BCUT2D eigenvalue weighted by molar-refractivity contribution is 0.181. The molecule has 1 fully saturated rings. The van der Waals surface area contributed by atoms with Gasteiger partial charge in [-0.25, -0.2) is 0 Å². The van der Waals surface area contributed by atoms with Gasteiger partial charge in [0.05, 0.1) is 13.2 Å². The highest BCUT2D eigenvalue weighted by atomic mass is 16.5. The Morgan fingerprint density at radius 3 is 3.10 bits per heavy atom. The van der Waals surface area contributed by atoms with E-state index in [2.05, 4.69) is 19.1 Å². The van der Waals surface area contributed by atoms with Crippen molar-refractivity contribution < 1.29 is 4.74 Å². The van der Waals surface area contributed by atoms with E-state index in [0.717, 1.165) is 31.0 Å². The maximum atomic E-state index is 5.39. The van der Waals surface area contributed by atoms with Crippen molar-refractivity contribution in [3.8, 4) is 0 Å². The molecule has 0 radical (unpaired) electrons. The van der Waals surface area contributed by atoms with Gasteiger partial charge in [-0.3, -0.25) is 0 Å². The minimum Gasteiger partial charge on any atom is -0.381 e. The van der Waals surface area contributed by atoms with E-state index in [0.29, 0.717) is 0 Å². The summed E-state index contributed by atoms with van der Waals surface area (Å²) in [5.74, 6) is 2.36. The van der Waals surface area contributed by atoms with E-state index in [9.17, 15) is 0 Å². The van der Waals surface area contributed by atoms with Gasteiger partial charge in [-0.1, -0.05) is 19.1 Å². The largest absolute Gasteiger partial charge is 0.381 e. The van der Waals surface area contributed by atoms with Crippen molar-refractivity contribution in [2.45, 2.75) is 13.3 Å². The van der Waals surface area contributed by atoms with Crippen LogP contribution in [0.15, 0.2) is 12.2 Å². The van der Waals surface area contributed by atoms with Crippen molar-refractivity contribution >= 4 is 0 Å². The lowest BCUT2D eigenvalue weighted by Crippen LogP contribution is -2.17. The molecule has 3 atom stereocenters. The van der Waals surface area contributed by atoms with Crippen LogP contribution in [0.4, 0.5) is 0 Å². The highest BCUT2D eigenvalue weighted by molar-refractivity contribution is 5.01. The summed E-state index contributed by atoms with van der Waals surface area (Å²) in [7, 11) is 0. The second-order valence-electron chi connectivity index (χ2n) is 3.56. The first-order chi connectivity index (χ1) is 4.86. The van der Waals surface area contributed by atoms with Gasteiger partial charge in [0.25, 0.3) is 0 Å². The maximum absolute atomic E-state index is 5.39. The van der Waals surface area contributed by atoms with E-state index in [1.807, 2.05) is 0 Å². The van der Waals surface area contributed by atoms with E-state index in [1.165, 1.54) is 6.42 Å². The molecule has 0 aromatic carbocycles. The predicted molar refractivity (Wildman–Crippen MR) is 40.7 cm³/mol. The van der Waals surface area contributed by atoms with Gasteiger partial charge >= 0.3 is 0 Å². The fourth-order valence-corrected chi connectivity index (χ4v) is 1.96. The van der Waals surface area contributed by atoms with Crippen LogP contribution in [0.3, 0.4) is 0 Å². The monoisotopic (exact) mass is 138 g/mol. The first-order valence-electron chi connectivity index (χ1n) is 4.12. The Hall–Kier alpha value is -0.300. The normalized spacial score (nSPS) is 45.5. The summed E-state index contributed by atoms with van der Waals surface area (Å²) in [6.45, 7) is 4.25. The van der Waals surface area contributed by atoms with Crippen LogP contribution in [-0.2, 0) is 4.74 Å². The zero-order chi connectivity index (χ0) is 6.97. The van der Waals surface area contributed by atoms with Crippen molar-refractivity contribution in [3.63, 3.8) is 0 Å². The number of fused-ring (bicyclic) bond motifs is 1. The van der Waals surface area contributed by atoms with Crippen LogP contribution in [0.5, 0.6) is 0 Å². The average Bonchev–Trinajstić information content (AvgIpc) is 2.33. The van der Waals surface area contributed by atoms with Crippen LogP contribution in [0, 0.1) is 17.8 Å². The molecular formula is C9H14O. The maximum Gasteiger partial charge on any atom is 0.0532 e. The second kappa shape index (κ2) is 2.39. The SMILES string of the molecule is C[C@H]1C=C[C@H]2COC[C@H]2C1. The van der Waals surface area contributed by atoms with Crippen LogP contribution in [0.1, 0.15) is 13.3 Å². The number of rotatable bonds is 0. The first kappa shape index (κ1) is 6.41. The number of allylic oxidation sites excluding steroid dienone is 1. The third kappa shape index (κ3) is 0.988. The molecule has 2 aliphatic rings. The lowest BCUT2D eigenvalue weighted by atomic mass is 9.82. The van der Waals surface area contributed by atoms with Gasteiger partial charge in [0.15, 0.2) is 0 Å². The molecule has 0 amide bonds. The Balaban J connectivity index is 2.09. The Bertz CT molecular complexity index is 151. The van der Waals surface area contributed by atoms with Crippen molar-refractivity contribution in [1.82, 2.24) is 0 Å². The summed E-state index contributed by atoms with van der Waals surface area (Å²) in [5, 5.41) is 0. The predicted octanol–water partition coefficient (Wildman–Crippen LogP) is 1.84. The molecule has 1 aliphatic carbocycles. The van der Waals surface area contributed by atoms with Crippen molar-refractivity contribution in [3.05, 3.63) is 12.2 Å². The molecule has 1 saturated heterocycles. The zero-order valence-electron chi connectivity index (χ0n) is 6.42. The summed E-state index contributed by atoms with van der Waals surface area (Å²) in [6, 6.07) is 0. The smallest absolute Gasteiger partial charge is 0.0532 e. The molecule has 0 saturated carbocycles. The summed E-state index contributed by atoms with van der Waals surface area (Å²) in [5.41, 5.74) is 0. The standard InChI is InChI=1S/C9H14O/c1-7-2-3-8-5-10-6-9(8)4-7/h2-3,7-9H,4-6H2,1H3/t7-,8-,9+/m0/s1.